The molecule has 0 spiro atoms. The van der Waals surface area contributed by atoms with Crippen LogP contribution in [-0.2, 0) is 16.2 Å². The van der Waals surface area contributed by atoms with E-state index in [9.17, 15) is 26.0 Å². The molecule has 1 aromatic carbocycles. The molecule has 0 aliphatic carbocycles. The molecule has 0 aromatic heterocycles. The van der Waals surface area contributed by atoms with Crippen LogP contribution in [0, 0.1) is 5.82 Å². The maximum Gasteiger partial charge on any atom is 0.416 e. The fraction of sp³-hybridized carbons (Fsp3) is 0.455. The predicted octanol–water partition coefficient (Wildman–Crippen LogP) is 2.20. The summed E-state index contributed by atoms with van der Waals surface area (Å²) in [6.07, 6.45) is -4.62. The number of hydrogen-bond donors (Lipinski definition) is 2. The molecule has 0 atom stereocenters. The highest BCUT2D eigenvalue weighted by molar-refractivity contribution is 7.89. The minimum atomic E-state index is -4.62. The number of rotatable bonds is 6. The summed E-state index contributed by atoms with van der Waals surface area (Å²) in [5, 5.41) is 2.44. The van der Waals surface area contributed by atoms with Gasteiger partial charge in [0.2, 0.25) is 10.0 Å². The Morgan fingerprint density at radius 1 is 1.25 bits per heavy atom. The van der Waals surface area contributed by atoms with Crippen LogP contribution in [0.2, 0.25) is 0 Å². The minimum Gasteiger partial charge on any atom is -0.382 e. The molecule has 2 N–H and O–H groups in total. The van der Waals surface area contributed by atoms with Crippen molar-refractivity contribution in [2.75, 3.05) is 24.2 Å². The Labute approximate surface area is 114 Å². The molecule has 0 aliphatic heterocycles. The zero-order valence-corrected chi connectivity index (χ0v) is 11.4. The largest absolute Gasteiger partial charge is 0.416 e. The number of hydrogen-bond acceptors (Lipinski definition) is 3. The molecule has 0 bridgehead atoms. The Morgan fingerprint density at radius 3 is 2.40 bits per heavy atom. The van der Waals surface area contributed by atoms with Gasteiger partial charge in [-0.1, -0.05) is 6.92 Å². The summed E-state index contributed by atoms with van der Waals surface area (Å²) in [5.74, 6) is -1.39. The van der Waals surface area contributed by atoms with E-state index in [1.54, 1.807) is 6.92 Å². The molecule has 1 rings (SSSR count). The Morgan fingerprint density at radius 2 is 1.90 bits per heavy atom. The second kappa shape index (κ2) is 6.40. The van der Waals surface area contributed by atoms with Crippen LogP contribution in [0.3, 0.4) is 0 Å². The van der Waals surface area contributed by atoms with Gasteiger partial charge in [0.1, 0.15) is 5.82 Å². The minimum absolute atomic E-state index is 0.113. The van der Waals surface area contributed by atoms with Crippen molar-refractivity contribution in [2.45, 2.75) is 13.1 Å². The average Bonchev–Trinajstić information content (AvgIpc) is 2.29. The van der Waals surface area contributed by atoms with Crippen molar-refractivity contribution in [3.05, 3.63) is 29.6 Å². The molecule has 0 saturated carbocycles. The summed E-state index contributed by atoms with van der Waals surface area (Å²) in [6, 6.07) is 2.02. The Kier molecular flexibility index (Phi) is 5.35. The second-order valence-corrected chi connectivity index (χ2v) is 5.86. The van der Waals surface area contributed by atoms with Gasteiger partial charge in [-0.15, -0.1) is 0 Å². The zero-order chi connectivity index (χ0) is 15.4. The van der Waals surface area contributed by atoms with E-state index < -0.39 is 27.6 Å². The van der Waals surface area contributed by atoms with E-state index in [1.807, 2.05) is 0 Å². The van der Waals surface area contributed by atoms with Crippen molar-refractivity contribution in [3.8, 4) is 0 Å². The van der Waals surface area contributed by atoms with E-state index in [0.29, 0.717) is 6.07 Å². The molecule has 0 aliphatic rings. The summed E-state index contributed by atoms with van der Waals surface area (Å²) < 4.78 is 75.2. The maximum absolute atomic E-state index is 13.4. The van der Waals surface area contributed by atoms with Crippen LogP contribution < -0.4 is 10.0 Å². The molecule has 0 unspecified atom stereocenters. The van der Waals surface area contributed by atoms with Crippen LogP contribution in [0.4, 0.5) is 23.2 Å². The molecule has 0 fully saturated rings. The van der Waals surface area contributed by atoms with E-state index >= 15 is 0 Å². The monoisotopic (exact) mass is 314 g/mol. The molecule has 20 heavy (non-hydrogen) atoms. The number of sulfonamides is 1. The third-order valence-electron chi connectivity index (χ3n) is 2.35. The number of anilines is 1. The lowest BCUT2D eigenvalue weighted by Crippen LogP contribution is -2.29. The Balaban J connectivity index is 2.67. The lowest BCUT2D eigenvalue weighted by atomic mass is 10.2. The highest BCUT2D eigenvalue weighted by atomic mass is 32.2. The van der Waals surface area contributed by atoms with Gasteiger partial charge in [0.15, 0.2) is 0 Å². The first-order chi connectivity index (χ1) is 9.15. The van der Waals surface area contributed by atoms with Crippen LogP contribution in [0.5, 0.6) is 0 Å². The topological polar surface area (TPSA) is 58.2 Å². The molecule has 0 saturated heterocycles. The molecular weight excluding hydrogens is 300 g/mol. The number of nitrogens with one attached hydrogen (secondary N) is 2. The maximum atomic E-state index is 13.4. The molecule has 0 heterocycles. The van der Waals surface area contributed by atoms with Crippen molar-refractivity contribution in [2.24, 2.45) is 0 Å². The van der Waals surface area contributed by atoms with Crippen molar-refractivity contribution in [1.29, 1.82) is 0 Å². The fourth-order valence-corrected chi connectivity index (χ4v) is 2.40. The molecule has 0 amide bonds. The standard InChI is InChI=1S/C11H14F4N2O2S/c1-2-17-20(18,19)6-5-16-10-4-3-8(7-9(10)12)11(13,14)15/h3-4,7,16-17H,2,5-6H2,1H3. The molecular formula is C11H14F4N2O2S. The Bertz CT molecular complexity index is 558. The molecule has 1 aromatic rings. The second-order valence-electron chi connectivity index (χ2n) is 3.94. The van der Waals surface area contributed by atoms with E-state index in [0.717, 1.165) is 12.1 Å². The van der Waals surface area contributed by atoms with Crippen LogP contribution in [0.25, 0.3) is 0 Å². The van der Waals surface area contributed by atoms with Gasteiger partial charge >= 0.3 is 6.18 Å². The van der Waals surface area contributed by atoms with Gasteiger partial charge in [-0.25, -0.2) is 17.5 Å². The van der Waals surface area contributed by atoms with Gasteiger partial charge in [-0.2, -0.15) is 13.2 Å². The number of alkyl halides is 3. The van der Waals surface area contributed by atoms with Crippen LogP contribution in [0.15, 0.2) is 18.2 Å². The first-order valence-corrected chi connectivity index (χ1v) is 7.39. The number of benzene rings is 1. The predicted molar refractivity (Wildman–Crippen MR) is 67.4 cm³/mol. The van der Waals surface area contributed by atoms with Gasteiger partial charge in [0, 0.05) is 13.1 Å². The van der Waals surface area contributed by atoms with E-state index in [4.69, 9.17) is 0 Å². The highest BCUT2D eigenvalue weighted by Crippen LogP contribution is 2.31. The molecule has 9 heteroatoms. The van der Waals surface area contributed by atoms with Gasteiger partial charge in [0.25, 0.3) is 0 Å². The summed E-state index contributed by atoms with van der Waals surface area (Å²) in [7, 11) is -3.46. The van der Waals surface area contributed by atoms with Crippen molar-refractivity contribution in [3.63, 3.8) is 0 Å². The quantitative estimate of drug-likeness (QED) is 0.792. The summed E-state index contributed by atoms with van der Waals surface area (Å²) in [5.41, 5.74) is -1.27. The molecule has 114 valence electrons. The first kappa shape index (κ1) is 16.7. The molecule has 0 radical (unpaired) electrons. The summed E-state index contributed by atoms with van der Waals surface area (Å²) in [6.45, 7) is 1.73. The van der Waals surface area contributed by atoms with E-state index in [1.165, 1.54) is 0 Å². The zero-order valence-electron chi connectivity index (χ0n) is 10.6. The fourth-order valence-electron chi connectivity index (χ4n) is 1.45. The summed E-state index contributed by atoms with van der Waals surface area (Å²) in [4.78, 5) is 0. The SMILES string of the molecule is CCNS(=O)(=O)CCNc1ccc(C(F)(F)F)cc1F. The van der Waals surface area contributed by atoms with E-state index in [2.05, 4.69) is 10.0 Å². The van der Waals surface area contributed by atoms with Crippen molar-refractivity contribution < 1.29 is 26.0 Å². The van der Waals surface area contributed by atoms with Gasteiger partial charge in [-0.3, -0.25) is 0 Å². The lowest BCUT2D eigenvalue weighted by molar-refractivity contribution is -0.137. The number of halogens is 4. The van der Waals surface area contributed by atoms with Crippen LogP contribution in [0.1, 0.15) is 12.5 Å². The summed E-state index contributed by atoms with van der Waals surface area (Å²) >= 11 is 0. The highest BCUT2D eigenvalue weighted by Gasteiger charge is 2.31. The van der Waals surface area contributed by atoms with Gasteiger partial charge in [-0.05, 0) is 18.2 Å². The average molecular weight is 314 g/mol. The smallest absolute Gasteiger partial charge is 0.382 e. The van der Waals surface area contributed by atoms with Gasteiger partial charge in [0.05, 0.1) is 17.0 Å². The third kappa shape index (κ3) is 4.97. The third-order valence-corrected chi connectivity index (χ3v) is 3.82. The van der Waals surface area contributed by atoms with E-state index in [-0.39, 0.29) is 24.5 Å². The van der Waals surface area contributed by atoms with Crippen LogP contribution >= 0.6 is 0 Å². The Hall–Kier alpha value is -1.35. The normalized spacial score (nSPS) is 12.4. The molecule has 4 nitrogen and oxygen atoms in total. The van der Waals surface area contributed by atoms with Crippen molar-refractivity contribution >= 4 is 15.7 Å². The lowest BCUT2D eigenvalue weighted by Gasteiger charge is -2.11. The van der Waals surface area contributed by atoms with Gasteiger partial charge < -0.3 is 5.32 Å². The van der Waals surface area contributed by atoms with Crippen LogP contribution in [-0.4, -0.2) is 27.3 Å². The van der Waals surface area contributed by atoms with Crippen molar-refractivity contribution in [1.82, 2.24) is 4.72 Å². The first-order valence-electron chi connectivity index (χ1n) is 5.73.